The second-order valence-corrected chi connectivity index (χ2v) is 5.15. The van der Waals surface area contributed by atoms with Gasteiger partial charge in [-0.2, -0.15) is 0 Å². The van der Waals surface area contributed by atoms with E-state index in [9.17, 15) is 4.79 Å². The van der Waals surface area contributed by atoms with Gasteiger partial charge in [0.25, 0.3) is 0 Å². The van der Waals surface area contributed by atoms with Crippen LogP contribution in [0.2, 0.25) is 0 Å². The van der Waals surface area contributed by atoms with E-state index >= 15 is 0 Å². The number of hydrogen-bond donors (Lipinski definition) is 1. The summed E-state index contributed by atoms with van der Waals surface area (Å²) in [5.74, 6) is -0.753. The number of rotatable bonds is 7. The van der Waals surface area contributed by atoms with Crippen LogP contribution in [0.5, 0.6) is 0 Å². The van der Waals surface area contributed by atoms with Crippen LogP contribution in [0.4, 0.5) is 0 Å². The first kappa shape index (κ1) is 15.3. The first-order chi connectivity index (χ1) is 10.1. The fourth-order valence-electron chi connectivity index (χ4n) is 2.38. The van der Waals surface area contributed by atoms with Gasteiger partial charge in [-0.05, 0) is 31.2 Å². The molecule has 2 rings (SSSR count). The number of aliphatic carboxylic acids is 1. The van der Waals surface area contributed by atoms with Gasteiger partial charge < -0.3 is 9.67 Å². The van der Waals surface area contributed by atoms with Gasteiger partial charge in [-0.15, -0.1) is 0 Å². The van der Waals surface area contributed by atoms with Crippen molar-refractivity contribution in [1.82, 2.24) is 14.5 Å². The van der Waals surface area contributed by atoms with Crippen LogP contribution in [0.15, 0.2) is 43.0 Å². The molecule has 0 aliphatic heterocycles. The molecule has 1 unspecified atom stereocenters. The van der Waals surface area contributed by atoms with Gasteiger partial charge in [-0.25, -0.2) is 4.98 Å². The molecule has 1 heterocycles. The van der Waals surface area contributed by atoms with E-state index < -0.39 is 5.97 Å². The first-order valence-corrected chi connectivity index (χ1v) is 7.13. The molecule has 0 aliphatic rings. The number of carbonyl (C=O) groups is 1. The zero-order valence-electron chi connectivity index (χ0n) is 12.4. The van der Waals surface area contributed by atoms with Crippen molar-refractivity contribution in [3.8, 4) is 5.69 Å². The van der Waals surface area contributed by atoms with Gasteiger partial charge in [0, 0.05) is 30.7 Å². The summed E-state index contributed by atoms with van der Waals surface area (Å²) < 4.78 is 1.95. The Labute approximate surface area is 124 Å². The molecule has 1 aromatic carbocycles. The number of aromatic nitrogens is 2. The lowest BCUT2D eigenvalue weighted by atomic mass is 10.1. The van der Waals surface area contributed by atoms with Crippen molar-refractivity contribution in [1.29, 1.82) is 0 Å². The molecule has 0 radical (unpaired) electrons. The molecule has 5 heteroatoms. The van der Waals surface area contributed by atoms with Crippen LogP contribution < -0.4 is 0 Å². The van der Waals surface area contributed by atoms with E-state index in [2.05, 4.69) is 28.9 Å². The lowest BCUT2D eigenvalue weighted by Gasteiger charge is -2.26. The van der Waals surface area contributed by atoms with Crippen molar-refractivity contribution >= 4 is 5.97 Å². The highest BCUT2D eigenvalue weighted by atomic mass is 16.4. The van der Waals surface area contributed by atoms with Gasteiger partial charge in [-0.3, -0.25) is 9.69 Å². The second kappa shape index (κ2) is 7.04. The third kappa shape index (κ3) is 4.16. The molecular weight excluding hydrogens is 266 g/mol. The lowest BCUT2D eigenvalue weighted by Crippen LogP contribution is -2.34. The molecule has 0 saturated carbocycles. The van der Waals surface area contributed by atoms with E-state index in [1.807, 2.05) is 29.8 Å². The summed E-state index contributed by atoms with van der Waals surface area (Å²) in [6, 6.07) is 8.27. The van der Waals surface area contributed by atoms with Crippen molar-refractivity contribution in [3.63, 3.8) is 0 Å². The van der Waals surface area contributed by atoms with Crippen LogP contribution >= 0.6 is 0 Å². The zero-order chi connectivity index (χ0) is 15.2. The van der Waals surface area contributed by atoms with Gasteiger partial charge in [0.1, 0.15) is 0 Å². The highest BCUT2D eigenvalue weighted by molar-refractivity contribution is 5.67. The summed E-state index contributed by atoms with van der Waals surface area (Å²) in [5, 5.41) is 8.90. The highest BCUT2D eigenvalue weighted by Crippen LogP contribution is 2.13. The van der Waals surface area contributed by atoms with Crippen molar-refractivity contribution in [2.24, 2.45) is 0 Å². The second-order valence-electron chi connectivity index (χ2n) is 5.15. The fraction of sp³-hybridized carbons (Fsp3) is 0.375. The summed E-state index contributed by atoms with van der Waals surface area (Å²) in [7, 11) is 0. The highest BCUT2D eigenvalue weighted by Gasteiger charge is 2.15. The third-order valence-electron chi connectivity index (χ3n) is 3.62. The maximum atomic E-state index is 10.8. The lowest BCUT2D eigenvalue weighted by molar-refractivity contribution is -0.138. The molecule has 112 valence electrons. The van der Waals surface area contributed by atoms with Crippen molar-refractivity contribution in [2.75, 3.05) is 6.54 Å². The molecule has 1 N–H and O–H groups in total. The Hall–Kier alpha value is -2.14. The summed E-state index contributed by atoms with van der Waals surface area (Å²) in [6.07, 6.45) is 5.59. The number of carboxylic acid groups (broad SMARTS) is 1. The van der Waals surface area contributed by atoms with E-state index in [0.29, 0.717) is 0 Å². The van der Waals surface area contributed by atoms with Crippen LogP contribution in [0, 0.1) is 0 Å². The summed E-state index contributed by atoms with van der Waals surface area (Å²) in [4.78, 5) is 17.0. The van der Waals surface area contributed by atoms with Gasteiger partial charge in [0.15, 0.2) is 0 Å². The van der Waals surface area contributed by atoms with Crippen molar-refractivity contribution in [2.45, 2.75) is 32.9 Å². The summed E-state index contributed by atoms with van der Waals surface area (Å²) in [5.41, 5.74) is 2.25. The van der Waals surface area contributed by atoms with E-state index in [1.165, 1.54) is 5.56 Å². The van der Waals surface area contributed by atoms with E-state index in [1.54, 1.807) is 12.5 Å². The molecule has 1 atom stereocenters. The molecule has 21 heavy (non-hydrogen) atoms. The molecule has 0 fully saturated rings. The maximum absolute atomic E-state index is 10.8. The van der Waals surface area contributed by atoms with Gasteiger partial charge in [0.05, 0.1) is 12.7 Å². The minimum absolute atomic E-state index is 0.0285. The Morgan fingerprint density at radius 1 is 1.38 bits per heavy atom. The molecule has 0 amide bonds. The smallest absolute Gasteiger partial charge is 0.304 e. The third-order valence-corrected chi connectivity index (χ3v) is 3.62. The number of benzene rings is 1. The Bertz CT molecular complexity index is 564. The predicted octanol–water partition coefficient (Wildman–Crippen LogP) is 2.56. The van der Waals surface area contributed by atoms with Crippen LogP contribution in [0.25, 0.3) is 5.69 Å². The summed E-state index contributed by atoms with van der Waals surface area (Å²) in [6.45, 7) is 5.60. The molecule has 5 nitrogen and oxygen atoms in total. The molecule has 0 saturated heterocycles. The molecular formula is C16H21N3O2. The topological polar surface area (TPSA) is 58.4 Å². The quantitative estimate of drug-likeness (QED) is 0.850. The minimum Gasteiger partial charge on any atom is -0.481 e. The molecule has 2 aromatic rings. The average Bonchev–Trinajstić information content (AvgIpc) is 2.98. The molecule has 0 bridgehead atoms. The standard InChI is InChI=1S/C16H21N3O2/c1-3-18(13(2)10-16(20)21)11-14-4-6-15(7-5-14)19-9-8-17-12-19/h4-9,12-13H,3,10-11H2,1-2H3,(H,20,21). The van der Waals surface area contributed by atoms with Crippen LogP contribution in [0.1, 0.15) is 25.8 Å². The van der Waals surface area contributed by atoms with E-state index in [0.717, 1.165) is 18.8 Å². The molecule has 1 aromatic heterocycles. The molecule has 0 spiro atoms. The Kier molecular flexibility index (Phi) is 5.11. The van der Waals surface area contributed by atoms with Crippen molar-refractivity contribution < 1.29 is 9.90 Å². The van der Waals surface area contributed by atoms with E-state index in [4.69, 9.17) is 5.11 Å². The molecule has 0 aliphatic carbocycles. The predicted molar refractivity (Wildman–Crippen MR) is 81.4 cm³/mol. The Balaban J connectivity index is 2.03. The summed E-state index contributed by atoms with van der Waals surface area (Å²) >= 11 is 0. The van der Waals surface area contributed by atoms with Gasteiger partial charge in [0.2, 0.25) is 0 Å². The number of imidazole rings is 1. The monoisotopic (exact) mass is 287 g/mol. The SMILES string of the molecule is CCN(Cc1ccc(-n2ccnc2)cc1)C(C)CC(=O)O. The van der Waals surface area contributed by atoms with E-state index in [-0.39, 0.29) is 12.5 Å². The number of hydrogen-bond acceptors (Lipinski definition) is 3. The number of nitrogens with zero attached hydrogens (tertiary/aromatic N) is 3. The van der Waals surface area contributed by atoms with Gasteiger partial charge in [-0.1, -0.05) is 19.1 Å². The van der Waals surface area contributed by atoms with Crippen LogP contribution in [-0.2, 0) is 11.3 Å². The first-order valence-electron chi connectivity index (χ1n) is 7.13. The van der Waals surface area contributed by atoms with Gasteiger partial charge >= 0.3 is 5.97 Å². The normalized spacial score (nSPS) is 12.5. The fourth-order valence-corrected chi connectivity index (χ4v) is 2.38. The van der Waals surface area contributed by atoms with Crippen molar-refractivity contribution in [3.05, 3.63) is 48.5 Å². The largest absolute Gasteiger partial charge is 0.481 e. The Morgan fingerprint density at radius 2 is 2.10 bits per heavy atom. The maximum Gasteiger partial charge on any atom is 0.304 e. The Morgan fingerprint density at radius 3 is 2.62 bits per heavy atom. The average molecular weight is 287 g/mol. The zero-order valence-corrected chi connectivity index (χ0v) is 12.4. The van der Waals surface area contributed by atoms with Crippen LogP contribution in [-0.4, -0.2) is 38.1 Å². The van der Waals surface area contributed by atoms with Crippen LogP contribution in [0.3, 0.4) is 0 Å². The minimum atomic E-state index is -0.753. The number of carboxylic acids is 1.